The highest BCUT2D eigenvalue weighted by Gasteiger charge is 2.23. The van der Waals surface area contributed by atoms with Gasteiger partial charge in [0.05, 0.1) is 11.6 Å². The molecule has 1 aromatic carbocycles. The Balaban J connectivity index is 2.02. The van der Waals surface area contributed by atoms with Crippen LogP contribution in [-0.4, -0.2) is 31.3 Å². The van der Waals surface area contributed by atoms with Crippen LogP contribution in [0.4, 0.5) is 11.4 Å². The van der Waals surface area contributed by atoms with Gasteiger partial charge in [-0.1, -0.05) is 0 Å². The molecule has 1 saturated heterocycles. The molecule has 1 unspecified atom stereocenters. The highest BCUT2D eigenvalue weighted by Crippen LogP contribution is 2.29. The molecule has 4 nitrogen and oxygen atoms in total. The summed E-state index contributed by atoms with van der Waals surface area (Å²) in [6.45, 7) is 1.97. The Morgan fingerprint density at radius 2 is 2.28 bits per heavy atom. The summed E-state index contributed by atoms with van der Waals surface area (Å²) in [6.07, 6.45) is 3.26. The number of hydrogen-bond acceptors (Lipinski definition) is 4. The van der Waals surface area contributed by atoms with Crippen molar-refractivity contribution in [1.29, 1.82) is 0 Å². The van der Waals surface area contributed by atoms with Crippen LogP contribution < -0.4 is 10.6 Å². The predicted molar refractivity (Wildman–Crippen MR) is 73.8 cm³/mol. The van der Waals surface area contributed by atoms with Crippen molar-refractivity contribution < 1.29 is 4.74 Å². The summed E-state index contributed by atoms with van der Waals surface area (Å²) in [7, 11) is 1.78. The number of benzene rings is 1. The third kappa shape index (κ3) is 1.88. The minimum atomic E-state index is 0.335. The second kappa shape index (κ2) is 4.46. The van der Waals surface area contributed by atoms with Gasteiger partial charge < -0.3 is 15.4 Å². The van der Waals surface area contributed by atoms with Crippen LogP contribution in [0.15, 0.2) is 30.5 Å². The second-order valence-electron chi connectivity index (χ2n) is 4.70. The number of ether oxygens (including phenoxy) is 1. The number of nitrogens with zero attached hydrogens (tertiary/aromatic N) is 2. The Labute approximate surface area is 106 Å². The van der Waals surface area contributed by atoms with E-state index in [2.05, 4.69) is 16.0 Å². The fourth-order valence-electron chi connectivity index (χ4n) is 2.57. The van der Waals surface area contributed by atoms with Gasteiger partial charge in [0.25, 0.3) is 0 Å². The Kier molecular flexibility index (Phi) is 2.80. The molecule has 1 aromatic heterocycles. The molecule has 0 amide bonds. The van der Waals surface area contributed by atoms with Crippen LogP contribution >= 0.6 is 0 Å². The third-order valence-corrected chi connectivity index (χ3v) is 3.56. The molecule has 0 spiro atoms. The summed E-state index contributed by atoms with van der Waals surface area (Å²) < 4.78 is 5.42. The summed E-state index contributed by atoms with van der Waals surface area (Å²) in [5.74, 6) is 0. The molecule has 1 fully saturated rings. The zero-order chi connectivity index (χ0) is 12.5. The lowest BCUT2D eigenvalue weighted by atomic mass is 10.1. The van der Waals surface area contributed by atoms with E-state index in [0.29, 0.717) is 6.10 Å². The first-order valence-electron chi connectivity index (χ1n) is 6.20. The van der Waals surface area contributed by atoms with Crippen molar-refractivity contribution in [1.82, 2.24) is 4.98 Å². The first-order valence-corrected chi connectivity index (χ1v) is 6.20. The minimum absolute atomic E-state index is 0.335. The predicted octanol–water partition coefficient (Wildman–Crippen LogP) is 2.04. The van der Waals surface area contributed by atoms with Crippen LogP contribution in [0, 0.1) is 0 Å². The summed E-state index contributed by atoms with van der Waals surface area (Å²) in [4.78, 5) is 6.73. The lowest BCUT2D eigenvalue weighted by Gasteiger charge is -2.20. The average molecular weight is 243 g/mol. The zero-order valence-electron chi connectivity index (χ0n) is 10.5. The standard InChI is InChI=1S/C14H17N3O/c1-18-11-5-7-17(9-11)14-4-6-16-13-8-10(15)2-3-12(13)14/h2-4,6,8,11H,5,7,9,15H2,1H3. The Morgan fingerprint density at radius 3 is 3.06 bits per heavy atom. The number of nitrogens with two attached hydrogens (primary N) is 1. The highest BCUT2D eigenvalue weighted by molar-refractivity contribution is 5.93. The molecule has 2 aromatic rings. The lowest BCUT2D eigenvalue weighted by molar-refractivity contribution is 0.121. The highest BCUT2D eigenvalue weighted by atomic mass is 16.5. The van der Waals surface area contributed by atoms with Crippen LogP contribution in [0.1, 0.15) is 6.42 Å². The molecule has 1 aliphatic rings. The van der Waals surface area contributed by atoms with Crippen molar-refractivity contribution in [2.24, 2.45) is 0 Å². The normalized spacial score (nSPS) is 19.6. The number of nitrogen functional groups attached to an aromatic ring is 1. The maximum absolute atomic E-state index is 5.80. The first-order chi connectivity index (χ1) is 8.78. The summed E-state index contributed by atoms with van der Waals surface area (Å²) in [5.41, 5.74) is 8.72. The van der Waals surface area contributed by atoms with E-state index in [4.69, 9.17) is 10.5 Å². The van der Waals surface area contributed by atoms with Crippen molar-refractivity contribution in [3.63, 3.8) is 0 Å². The fourth-order valence-corrected chi connectivity index (χ4v) is 2.57. The topological polar surface area (TPSA) is 51.4 Å². The quantitative estimate of drug-likeness (QED) is 0.820. The van der Waals surface area contributed by atoms with Crippen molar-refractivity contribution in [2.45, 2.75) is 12.5 Å². The number of anilines is 2. The molecule has 94 valence electrons. The van der Waals surface area contributed by atoms with E-state index in [1.807, 2.05) is 24.4 Å². The molecule has 4 heteroatoms. The maximum Gasteiger partial charge on any atom is 0.0762 e. The number of hydrogen-bond donors (Lipinski definition) is 1. The van der Waals surface area contributed by atoms with Crippen molar-refractivity contribution >= 4 is 22.3 Å². The van der Waals surface area contributed by atoms with E-state index in [0.717, 1.165) is 36.1 Å². The zero-order valence-corrected chi connectivity index (χ0v) is 10.5. The molecule has 1 aliphatic heterocycles. The van der Waals surface area contributed by atoms with Crippen LogP contribution in [0.3, 0.4) is 0 Å². The van der Waals surface area contributed by atoms with E-state index in [-0.39, 0.29) is 0 Å². The fraction of sp³-hybridized carbons (Fsp3) is 0.357. The van der Waals surface area contributed by atoms with Gasteiger partial charge in [0.2, 0.25) is 0 Å². The van der Waals surface area contributed by atoms with E-state index < -0.39 is 0 Å². The number of pyridine rings is 1. The summed E-state index contributed by atoms with van der Waals surface area (Å²) in [5, 5.41) is 1.16. The molecule has 0 saturated carbocycles. The Bertz CT molecular complexity index is 570. The van der Waals surface area contributed by atoms with Gasteiger partial charge in [0, 0.05) is 43.2 Å². The molecule has 3 rings (SSSR count). The number of methoxy groups -OCH3 is 1. The van der Waals surface area contributed by atoms with Gasteiger partial charge in [0.15, 0.2) is 0 Å². The third-order valence-electron chi connectivity index (χ3n) is 3.56. The lowest BCUT2D eigenvalue weighted by Crippen LogP contribution is -2.22. The monoisotopic (exact) mass is 243 g/mol. The largest absolute Gasteiger partial charge is 0.399 e. The maximum atomic E-state index is 5.80. The Hall–Kier alpha value is -1.81. The van der Waals surface area contributed by atoms with Gasteiger partial charge in [-0.25, -0.2) is 0 Å². The van der Waals surface area contributed by atoms with E-state index in [9.17, 15) is 0 Å². The van der Waals surface area contributed by atoms with E-state index in [1.165, 1.54) is 5.69 Å². The van der Waals surface area contributed by atoms with Gasteiger partial charge in [-0.15, -0.1) is 0 Å². The van der Waals surface area contributed by atoms with Gasteiger partial charge in [-0.2, -0.15) is 0 Å². The van der Waals surface area contributed by atoms with Crippen LogP contribution in [0.5, 0.6) is 0 Å². The molecule has 0 aliphatic carbocycles. The molecule has 1 atom stereocenters. The van der Waals surface area contributed by atoms with E-state index in [1.54, 1.807) is 7.11 Å². The first kappa shape index (κ1) is 11.3. The average Bonchev–Trinajstić information content (AvgIpc) is 2.86. The number of rotatable bonds is 2. The molecule has 2 N–H and O–H groups in total. The van der Waals surface area contributed by atoms with Gasteiger partial charge in [-0.05, 0) is 30.7 Å². The van der Waals surface area contributed by atoms with Gasteiger partial charge >= 0.3 is 0 Å². The molecular formula is C14H17N3O. The van der Waals surface area contributed by atoms with Gasteiger partial charge in [-0.3, -0.25) is 4.98 Å². The SMILES string of the molecule is COC1CCN(c2ccnc3cc(N)ccc23)C1. The summed E-state index contributed by atoms with van der Waals surface area (Å²) >= 11 is 0. The van der Waals surface area contributed by atoms with Crippen molar-refractivity contribution in [3.05, 3.63) is 30.5 Å². The Morgan fingerprint density at radius 1 is 1.39 bits per heavy atom. The van der Waals surface area contributed by atoms with Crippen LogP contribution in [0.2, 0.25) is 0 Å². The van der Waals surface area contributed by atoms with Crippen molar-refractivity contribution in [2.75, 3.05) is 30.8 Å². The van der Waals surface area contributed by atoms with E-state index >= 15 is 0 Å². The van der Waals surface area contributed by atoms with Crippen LogP contribution in [-0.2, 0) is 4.74 Å². The van der Waals surface area contributed by atoms with Crippen LogP contribution in [0.25, 0.3) is 10.9 Å². The van der Waals surface area contributed by atoms with Gasteiger partial charge in [0.1, 0.15) is 0 Å². The molecule has 0 bridgehead atoms. The summed E-state index contributed by atoms with van der Waals surface area (Å²) in [6, 6.07) is 7.96. The smallest absolute Gasteiger partial charge is 0.0762 e. The molecular weight excluding hydrogens is 226 g/mol. The molecule has 0 radical (unpaired) electrons. The number of aromatic nitrogens is 1. The molecule has 18 heavy (non-hydrogen) atoms. The minimum Gasteiger partial charge on any atom is -0.399 e. The molecule has 2 heterocycles. The second-order valence-corrected chi connectivity index (χ2v) is 4.70. The van der Waals surface area contributed by atoms with Crippen molar-refractivity contribution in [3.8, 4) is 0 Å². The number of fused-ring (bicyclic) bond motifs is 1.